The molecule has 0 saturated carbocycles. The maximum absolute atomic E-state index is 12.3. The van der Waals surface area contributed by atoms with Gasteiger partial charge < -0.3 is 19.9 Å². The summed E-state index contributed by atoms with van der Waals surface area (Å²) in [7, 11) is 1.55. The number of rotatable bonds is 6. The molecular weight excluding hydrogens is 362 g/mol. The highest BCUT2D eigenvalue weighted by molar-refractivity contribution is 5.93. The maximum atomic E-state index is 12.3. The molecule has 10 nitrogen and oxygen atoms in total. The zero-order chi connectivity index (χ0) is 19.3. The van der Waals surface area contributed by atoms with Crippen molar-refractivity contribution in [2.24, 2.45) is 0 Å². The van der Waals surface area contributed by atoms with Crippen LogP contribution in [-0.4, -0.2) is 51.0 Å². The zero-order valence-electron chi connectivity index (χ0n) is 15.5. The molecule has 1 fully saturated rings. The molecule has 1 atom stereocenters. The topological polar surface area (TPSA) is 120 Å². The molecule has 146 valence electrons. The van der Waals surface area contributed by atoms with Crippen molar-refractivity contribution in [1.29, 1.82) is 0 Å². The lowest BCUT2D eigenvalue weighted by Gasteiger charge is -2.22. The van der Waals surface area contributed by atoms with Gasteiger partial charge in [-0.2, -0.15) is 4.98 Å². The zero-order valence-corrected chi connectivity index (χ0v) is 15.5. The average molecular weight is 383 g/mol. The lowest BCUT2D eigenvalue weighted by molar-refractivity contribution is -0.115. The number of nitrogens with zero attached hydrogens (tertiary/aromatic N) is 5. The molecule has 1 aliphatic heterocycles. The van der Waals surface area contributed by atoms with Gasteiger partial charge in [0.05, 0.1) is 25.3 Å². The molecule has 0 spiro atoms. The van der Waals surface area contributed by atoms with Crippen LogP contribution < -0.4 is 15.4 Å². The molecule has 1 unspecified atom stereocenters. The van der Waals surface area contributed by atoms with E-state index in [0.29, 0.717) is 17.3 Å². The Labute approximate surface area is 161 Å². The number of carbonyl (C=O) groups is 1. The summed E-state index contributed by atoms with van der Waals surface area (Å²) in [5, 5.41) is 14.4. The number of benzene rings is 1. The van der Waals surface area contributed by atoms with E-state index in [1.165, 1.54) is 0 Å². The third-order valence-corrected chi connectivity index (χ3v) is 4.51. The second-order valence-corrected chi connectivity index (χ2v) is 6.49. The van der Waals surface area contributed by atoms with E-state index in [9.17, 15) is 4.79 Å². The Bertz CT molecular complexity index is 946. The highest BCUT2D eigenvalue weighted by Crippen LogP contribution is 2.23. The van der Waals surface area contributed by atoms with Crippen molar-refractivity contribution in [3.05, 3.63) is 36.4 Å². The van der Waals surface area contributed by atoms with Crippen LogP contribution in [0.25, 0.3) is 11.7 Å². The van der Waals surface area contributed by atoms with Crippen molar-refractivity contribution in [2.75, 3.05) is 25.5 Å². The molecule has 10 heteroatoms. The molecule has 2 aromatic heterocycles. The van der Waals surface area contributed by atoms with Crippen LogP contribution in [0.4, 0.5) is 5.69 Å². The standard InChI is InChI=1S/C18H21N7O3/c1-27-14-7-3-2-6-13(14)21-16(26)9-15-22-18(28-24-15)17-20-11-25(23-17)12-5-4-8-19-10-12/h2-3,6-7,11-12,19H,4-5,8-10H2,1H3,(H,21,26). The lowest BCUT2D eigenvalue weighted by Crippen LogP contribution is -2.31. The number of hydrogen-bond donors (Lipinski definition) is 2. The van der Waals surface area contributed by atoms with Crippen LogP contribution in [0.1, 0.15) is 24.7 Å². The molecule has 28 heavy (non-hydrogen) atoms. The van der Waals surface area contributed by atoms with Gasteiger partial charge in [-0.3, -0.25) is 4.79 Å². The number of hydrogen-bond acceptors (Lipinski definition) is 8. The van der Waals surface area contributed by atoms with Gasteiger partial charge in [-0.25, -0.2) is 9.67 Å². The molecular formula is C18H21N7O3. The molecule has 1 aliphatic rings. The number of ether oxygens (including phenoxy) is 1. The molecule has 1 amide bonds. The number of anilines is 1. The predicted octanol–water partition coefficient (Wildman–Crippen LogP) is 1.44. The van der Waals surface area contributed by atoms with Crippen molar-refractivity contribution in [1.82, 2.24) is 30.2 Å². The number of para-hydroxylation sites is 2. The number of carbonyl (C=O) groups excluding carboxylic acids is 1. The molecule has 0 aliphatic carbocycles. The monoisotopic (exact) mass is 383 g/mol. The summed E-state index contributed by atoms with van der Waals surface area (Å²) < 4.78 is 12.3. The van der Waals surface area contributed by atoms with Crippen LogP contribution in [0.3, 0.4) is 0 Å². The Balaban J connectivity index is 1.40. The smallest absolute Gasteiger partial charge is 0.297 e. The van der Waals surface area contributed by atoms with E-state index in [4.69, 9.17) is 9.26 Å². The van der Waals surface area contributed by atoms with E-state index in [1.54, 1.807) is 25.6 Å². The molecule has 0 radical (unpaired) electrons. The summed E-state index contributed by atoms with van der Waals surface area (Å²) in [6.45, 7) is 1.89. The van der Waals surface area contributed by atoms with Crippen LogP contribution in [-0.2, 0) is 11.2 Å². The Kier molecular flexibility index (Phi) is 5.29. The van der Waals surface area contributed by atoms with Crippen LogP contribution in [0, 0.1) is 0 Å². The van der Waals surface area contributed by atoms with Gasteiger partial charge in [0.1, 0.15) is 12.1 Å². The van der Waals surface area contributed by atoms with Crippen LogP contribution in [0.2, 0.25) is 0 Å². The van der Waals surface area contributed by atoms with E-state index >= 15 is 0 Å². The number of amides is 1. The van der Waals surface area contributed by atoms with Gasteiger partial charge in [0.2, 0.25) is 11.7 Å². The number of methoxy groups -OCH3 is 1. The van der Waals surface area contributed by atoms with Crippen molar-refractivity contribution in [3.63, 3.8) is 0 Å². The minimum Gasteiger partial charge on any atom is -0.495 e. The van der Waals surface area contributed by atoms with Crippen LogP contribution in [0.5, 0.6) is 5.75 Å². The van der Waals surface area contributed by atoms with Gasteiger partial charge in [0.25, 0.3) is 5.89 Å². The summed E-state index contributed by atoms with van der Waals surface area (Å²) in [6, 6.07) is 7.44. The number of aromatic nitrogens is 5. The first kappa shape index (κ1) is 18.1. The van der Waals surface area contributed by atoms with Gasteiger partial charge in [0, 0.05) is 6.54 Å². The van der Waals surface area contributed by atoms with E-state index < -0.39 is 0 Å². The van der Waals surface area contributed by atoms with Crippen LogP contribution in [0.15, 0.2) is 35.1 Å². The number of nitrogens with one attached hydrogen (secondary N) is 2. The van der Waals surface area contributed by atoms with E-state index in [0.717, 1.165) is 25.9 Å². The SMILES string of the molecule is COc1ccccc1NC(=O)Cc1noc(-c2ncn(C3CCCNC3)n2)n1. The summed E-state index contributed by atoms with van der Waals surface area (Å²) in [4.78, 5) is 20.8. The largest absolute Gasteiger partial charge is 0.495 e. The molecule has 4 rings (SSSR count). The Hall–Kier alpha value is -3.27. The van der Waals surface area contributed by atoms with E-state index in [1.807, 2.05) is 16.8 Å². The molecule has 3 aromatic rings. The van der Waals surface area contributed by atoms with Crippen molar-refractivity contribution >= 4 is 11.6 Å². The average Bonchev–Trinajstić information content (AvgIpc) is 3.38. The third kappa shape index (κ3) is 4.01. The molecule has 0 bridgehead atoms. The molecule has 2 N–H and O–H groups in total. The summed E-state index contributed by atoms with van der Waals surface area (Å²) in [6.07, 6.45) is 3.79. The Morgan fingerprint density at radius 2 is 2.32 bits per heavy atom. The third-order valence-electron chi connectivity index (χ3n) is 4.51. The summed E-state index contributed by atoms with van der Waals surface area (Å²) in [5.74, 6) is 1.12. The van der Waals surface area contributed by atoms with E-state index in [2.05, 4.69) is 30.9 Å². The van der Waals surface area contributed by atoms with Crippen molar-refractivity contribution in [2.45, 2.75) is 25.3 Å². The first-order chi connectivity index (χ1) is 13.7. The minimum atomic E-state index is -0.274. The fourth-order valence-corrected chi connectivity index (χ4v) is 3.11. The second kappa shape index (κ2) is 8.17. The predicted molar refractivity (Wildman–Crippen MR) is 99.8 cm³/mol. The molecule has 1 saturated heterocycles. The first-order valence-electron chi connectivity index (χ1n) is 9.10. The van der Waals surface area contributed by atoms with Crippen molar-refractivity contribution in [3.8, 4) is 17.5 Å². The first-order valence-corrected chi connectivity index (χ1v) is 9.10. The van der Waals surface area contributed by atoms with Gasteiger partial charge in [-0.05, 0) is 31.5 Å². The summed E-state index contributed by atoms with van der Waals surface area (Å²) >= 11 is 0. The minimum absolute atomic E-state index is 0.0329. The normalized spacial score (nSPS) is 16.7. The molecule has 3 heterocycles. The second-order valence-electron chi connectivity index (χ2n) is 6.49. The fourth-order valence-electron chi connectivity index (χ4n) is 3.11. The lowest BCUT2D eigenvalue weighted by atomic mass is 10.1. The Morgan fingerprint density at radius 3 is 3.14 bits per heavy atom. The highest BCUT2D eigenvalue weighted by atomic mass is 16.5. The quantitative estimate of drug-likeness (QED) is 0.656. The van der Waals surface area contributed by atoms with Gasteiger partial charge >= 0.3 is 0 Å². The van der Waals surface area contributed by atoms with Gasteiger partial charge in [-0.15, -0.1) is 5.10 Å². The van der Waals surface area contributed by atoms with Gasteiger partial charge in [0.15, 0.2) is 5.82 Å². The van der Waals surface area contributed by atoms with Gasteiger partial charge in [-0.1, -0.05) is 17.3 Å². The van der Waals surface area contributed by atoms with Crippen molar-refractivity contribution < 1.29 is 14.1 Å². The Morgan fingerprint density at radius 1 is 1.43 bits per heavy atom. The summed E-state index contributed by atoms with van der Waals surface area (Å²) in [5.41, 5.74) is 0.584. The highest BCUT2D eigenvalue weighted by Gasteiger charge is 2.20. The maximum Gasteiger partial charge on any atom is 0.297 e. The number of piperidine rings is 1. The van der Waals surface area contributed by atoms with E-state index in [-0.39, 0.29) is 30.1 Å². The fraction of sp³-hybridized carbons (Fsp3) is 0.389. The van der Waals surface area contributed by atoms with Crippen LogP contribution >= 0.6 is 0 Å². The molecule has 1 aromatic carbocycles.